The van der Waals surface area contributed by atoms with Gasteiger partial charge in [-0.15, -0.1) is 0 Å². The zero-order chi connectivity index (χ0) is 11.8. The summed E-state index contributed by atoms with van der Waals surface area (Å²) in [7, 11) is 0. The fraction of sp³-hybridized carbons (Fsp3) is 0.778. The number of nitrogens with one attached hydrogen (secondary N) is 2. The normalized spacial score (nSPS) is 12.3. The number of urea groups is 1. The van der Waals surface area contributed by atoms with Crippen LogP contribution in [0.5, 0.6) is 0 Å². The second-order valence-electron chi connectivity index (χ2n) is 3.60. The maximum absolute atomic E-state index is 11.5. The van der Waals surface area contributed by atoms with Crippen LogP contribution in [0.1, 0.15) is 20.3 Å². The number of aliphatic hydroxyl groups is 1. The number of carbonyl (C=O) groups excluding carboxylic acids is 2. The molecule has 0 aliphatic rings. The van der Waals surface area contributed by atoms with Crippen molar-refractivity contribution in [2.24, 2.45) is 11.7 Å². The summed E-state index contributed by atoms with van der Waals surface area (Å²) in [4.78, 5) is 22.2. The van der Waals surface area contributed by atoms with Crippen LogP contribution < -0.4 is 16.4 Å². The molecule has 0 heterocycles. The molecule has 88 valence electrons. The van der Waals surface area contributed by atoms with Crippen LogP contribution in [0.25, 0.3) is 0 Å². The molecule has 6 nitrogen and oxygen atoms in total. The fourth-order valence-corrected chi connectivity index (χ4v) is 1.09. The molecule has 0 aliphatic heterocycles. The summed E-state index contributed by atoms with van der Waals surface area (Å²) in [6.07, 6.45) is 0.493. The average Bonchev–Trinajstić information content (AvgIpc) is 2.13. The molecule has 0 saturated heterocycles. The first-order valence-electron chi connectivity index (χ1n) is 4.93. The van der Waals surface area contributed by atoms with Gasteiger partial charge in [-0.2, -0.15) is 0 Å². The Morgan fingerprint density at radius 2 is 2.00 bits per heavy atom. The van der Waals surface area contributed by atoms with Crippen LogP contribution in [0, 0.1) is 5.92 Å². The molecular weight excluding hydrogens is 198 g/mol. The van der Waals surface area contributed by atoms with Crippen molar-refractivity contribution in [1.82, 2.24) is 10.6 Å². The van der Waals surface area contributed by atoms with Crippen molar-refractivity contribution in [1.29, 1.82) is 0 Å². The van der Waals surface area contributed by atoms with Crippen LogP contribution in [0.15, 0.2) is 0 Å². The van der Waals surface area contributed by atoms with Crippen molar-refractivity contribution in [3.63, 3.8) is 0 Å². The first-order valence-corrected chi connectivity index (χ1v) is 4.93. The van der Waals surface area contributed by atoms with Crippen molar-refractivity contribution in [2.75, 3.05) is 13.2 Å². The molecule has 1 unspecified atom stereocenters. The topological polar surface area (TPSA) is 104 Å². The van der Waals surface area contributed by atoms with Crippen molar-refractivity contribution < 1.29 is 14.7 Å². The molecule has 6 heteroatoms. The number of amides is 3. The summed E-state index contributed by atoms with van der Waals surface area (Å²) < 4.78 is 0. The predicted molar refractivity (Wildman–Crippen MR) is 56.1 cm³/mol. The first kappa shape index (κ1) is 13.7. The van der Waals surface area contributed by atoms with Gasteiger partial charge >= 0.3 is 6.03 Å². The van der Waals surface area contributed by atoms with E-state index in [4.69, 9.17) is 10.8 Å². The standard InChI is InChI=1S/C9H19N3O3/c1-6(2)7(12-9(10)15)8(14)11-4-3-5-13/h6-7,13H,3-5H2,1-2H3,(H,11,14)(H3,10,12,15). The van der Waals surface area contributed by atoms with E-state index in [0.29, 0.717) is 13.0 Å². The monoisotopic (exact) mass is 217 g/mol. The lowest BCUT2D eigenvalue weighted by Gasteiger charge is -2.20. The third-order valence-electron chi connectivity index (χ3n) is 1.88. The van der Waals surface area contributed by atoms with Crippen LogP contribution in [-0.4, -0.2) is 36.2 Å². The number of hydrogen-bond donors (Lipinski definition) is 4. The maximum atomic E-state index is 11.5. The summed E-state index contributed by atoms with van der Waals surface area (Å²) in [5.74, 6) is -0.316. The predicted octanol–water partition coefficient (Wildman–Crippen LogP) is -0.822. The zero-order valence-corrected chi connectivity index (χ0v) is 9.12. The van der Waals surface area contributed by atoms with Gasteiger partial charge in [0.1, 0.15) is 6.04 Å². The van der Waals surface area contributed by atoms with E-state index in [2.05, 4.69) is 10.6 Å². The van der Waals surface area contributed by atoms with Crippen molar-refractivity contribution in [2.45, 2.75) is 26.3 Å². The van der Waals surface area contributed by atoms with Gasteiger partial charge in [0.15, 0.2) is 0 Å². The molecule has 0 bridgehead atoms. The van der Waals surface area contributed by atoms with E-state index >= 15 is 0 Å². The van der Waals surface area contributed by atoms with Crippen LogP contribution in [-0.2, 0) is 4.79 Å². The highest BCUT2D eigenvalue weighted by Crippen LogP contribution is 2.01. The van der Waals surface area contributed by atoms with E-state index in [1.54, 1.807) is 0 Å². The Morgan fingerprint density at radius 3 is 2.40 bits per heavy atom. The van der Waals surface area contributed by atoms with Gasteiger partial charge in [0.25, 0.3) is 0 Å². The summed E-state index contributed by atoms with van der Waals surface area (Å²) in [5.41, 5.74) is 4.95. The Balaban J connectivity index is 4.11. The Bertz CT molecular complexity index is 219. The maximum Gasteiger partial charge on any atom is 0.312 e. The first-order chi connectivity index (χ1) is 6.99. The van der Waals surface area contributed by atoms with E-state index < -0.39 is 12.1 Å². The van der Waals surface area contributed by atoms with Gasteiger partial charge in [0, 0.05) is 13.2 Å². The van der Waals surface area contributed by atoms with Crippen molar-refractivity contribution >= 4 is 11.9 Å². The fourth-order valence-electron chi connectivity index (χ4n) is 1.09. The Hall–Kier alpha value is -1.30. The SMILES string of the molecule is CC(C)C(NC(N)=O)C(=O)NCCCO. The molecule has 0 rings (SSSR count). The molecule has 0 radical (unpaired) electrons. The van der Waals surface area contributed by atoms with Crippen LogP contribution in [0.3, 0.4) is 0 Å². The largest absolute Gasteiger partial charge is 0.396 e. The van der Waals surface area contributed by atoms with Gasteiger partial charge in [-0.3, -0.25) is 4.79 Å². The minimum Gasteiger partial charge on any atom is -0.396 e. The van der Waals surface area contributed by atoms with E-state index in [-0.39, 0.29) is 18.4 Å². The Labute approximate surface area is 89.2 Å². The van der Waals surface area contributed by atoms with Gasteiger partial charge in [-0.1, -0.05) is 13.8 Å². The summed E-state index contributed by atoms with van der Waals surface area (Å²) >= 11 is 0. The van der Waals surface area contributed by atoms with Gasteiger partial charge in [0.2, 0.25) is 5.91 Å². The zero-order valence-electron chi connectivity index (χ0n) is 9.12. The third-order valence-corrected chi connectivity index (χ3v) is 1.88. The number of aliphatic hydroxyl groups excluding tert-OH is 1. The van der Waals surface area contributed by atoms with E-state index in [0.717, 1.165) is 0 Å². The molecule has 0 aromatic rings. The van der Waals surface area contributed by atoms with E-state index in [1.807, 2.05) is 13.8 Å². The third kappa shape index (κ3) is 5.90. The lowest BCUT2D eigenvalue weighted by Crippen LogP contribution is -2.51. The highest BCUT2D eigenvalue weighted by atomic mass is 16.3. The summed E-state index contributed by atoms with van der Waals surface area (Å²) in [6.45, 7) is 4.04. The molecule has 0 aliphatic carbocycles. The van der Waals surface area contributed by atoms with Gasteiger partial charge in [-0.05, 0) is 12.3 Å². The van der Waals surface area contributed by atoms with Crippen LogP contribution in [0.2, 0.25) is 0 Å². The Morgan fingerprint density at radius 1 is 1.40 bits per heavy atom. The highest BCUT2D eigenvalue weighted by Gasteiger charge is 2.22. The minimum absolute atomic E-state index is 0.0237. The van der Waals surface area contributed by atoms with Crippen molar-refractivity contribution in [3.8, 4) is 0 Å². The number of rotatable bonds is 6. The molecule has 15 heavy (non-hydrogen) atoms. The quantitative estimate of drug-likeness (QED) is 0.437. The minimum atomic E-state index is -0.717. The molecule has 0 spiro atoms. The van der Waals surface area contributed by atoms with Crippen molar-refractivity contribution in [3.05, 3.63) is 0 Å². The molecule has 0 aromatic heterocycles. The van der Waals surface area contributed by atoms with Crippen LogP contribution in [0.4, 0.5) is 4.79 Å². The van der Waals surface area contributed by atoms with E-state index in [1.165, 1.54) is 0 Å². The average molecular weight is 217 g/mol. The second kappa shape index (κ2) is 7.05. The number of carbonyl (C=O) groups is 2. The number of primary amides is 1. The van der Waals surface area contributed by atoms with Gasteiger partial charge < -0.3 is 21.5 Å². The molecule has 5 N–H and O–H groups in total. The Kier molecular flexibility index (Phi) is 6.44. The molecular formula is C9H19N3O3. The van der Waals surface area contributed by atoms with Crippen LogP contribution >= 0.6 is 0 Å². The second-order valence-corrected chi connectivity index (χ2v) is 3.60. The van der Waals surface area contributed by atoms with Gasteiger partial charge in [0.05, 0.1) is 0 Å². The number of hydrogen-bond acceptors (Lipinski definition) is 3. The molecule has 0 fully saturated rings. The smallest absolute Gasteiger partial charge is 0.312 e. The summed E-state index contributed by atoms with van der Waals surface area (Å²) in [5, 5.41) is 13.5. The highest BCUT2D eigenvalue weighted by molar-refractivity contribution is 5.86. The molecule has 0 aromatic carbocycles. The van der Waals surface area contributed by atoms with E-state index in [9.17, 15) is 9.59 Å². The lowest BCUT2D eigenvalue weighted by molar-refractivity contribution is -0.123. The molecule has 3 amide bonds. The van der Waals surface area contributed by atoms with Gasteiger partial charge in [-0.25, -0.2) is 4.79 Å². The molecule has 1 atom stereocenters. The summed E-state index contributed by atoms with van der Waals surface area (Å²) in [6, 6.07) is -1.34. The molecule has 0 saturated carbocycles. The lowest BCUT2D eigenvalue weighted by atomic mass is 10.0. The number of nitrogens with two attached hydrogens (primary N) is 1.